The number of carbonyl (C=O) groups excluding carboxylic acids is 1. The Labute approximate surface area is 107 Å². The maximum atomic E-state index is 12.1. The molecule has 1 saturated carbocycles. The average Bonchev–Trinajstić information content (AvgIpc) is 2.32. The van der Waals surface area contributed by atoms with Crippen molar-refractivity contribution in [2.24, 2.45) is 0 Å². The summed E-state index contributed by atoms with van der Waals surface area (Å²) in [7, 11) is 0. The van der Waals surface area contributed by atoms with Gasteiger partial charge in [-0.15, -0.1) is 0 Å². The summed E-state index contributed by atoms with van der Waals surface area (Å²) in [5, 5.41) is 22.0. The number of amides is 1. The molecule has 0 saturated heterocycles. The number of benzene rings is 1. The number of hydrogen-bond acceptors (Lipinski definition) is 3. The largest absolute Gasteiger partial charge is 0.508 e. The van der Waals surface area contributed by atoms with Crippen LogP contribution in [-0.4, -0.2) is 28.3 Å². The summed E-state index contributed by atoms with van der Waals surface area (Å²) in [5.41, 5.74) is 1.28. The molecule has 0 aliphatic heterocycles. The minimum Gasteiger partial charge on any atom is -0.508 e. The molecule has 1 aliphatic rings. The molecule has 98 valence electrons. The Morgan fingerprint density at radius 1 is 1.33 bits per heavy atom. The van der Waals surface area contributed by atoms with E-state index in [1.54, 1.807) is 19.1 Å². The van der Waals surface area contributed by atoms with Gasteiger partial charge in [-0.2, -0.15) is 0 Å². The SMILES string of the molecule is Cc1cc(O)ccc1C(=O)NC1CCCCC1O. The number of aliphatic hydroxyl groups excluding tert-OH is 1. The minimum atomic E-state index is -0.444. The topological polar surface area (TPSA) is 69.6 Å². The van der Waals surface area contributed by atoms with Crippen molar-refractivity contribution >= 4 is 5.91 Å². The molecule has 1 aromatic carbocycles. The molecule has 0 radical (unpaired) electrons. The van der Waals surface area contributed by atoms with Gasteiger partial charge >= 0.3 is 0 Å². The van der Waals surface area contributed by atoms with Gasteiger partial charge in [-0.3, -0.25) is 4.79 Å². The van der Waals surface area contributed by atoms with E-state index in [1.807, 2.05) is 0 Å². The molecule has 4 nitrogen and oxygen atoms in total. The Hall–Kier alpha value is -1.55. The van der Waals surface area contributed by atoms with Crippen LogP contribution in [0.25, 0.3) is 0 Å². The minimum absolute atomic E-state index is 0.153. The summed E-state index contributed by atoms with van der Waals surface area (Å²) >= 11 is 0. The van der Waals surface area contributed by atoms with Gasteiger partial charge in [0.2, 0.25) is 0 Å². The van der Waals surface area contributed by atoms with Gasteiger partial charge in [0.15, 0.2) is 0 Å². The molecule has 1 fully saturated rings. The lowest BCUT2D eigenvalue weighted by Gasteiger charge is -2.28. The standard InChI is InChI=1S/C14H19NO3/c1-9-8-10(16)6-7-11(9)14(18)15-12-4-2-3-5-13(12)17/h6-8,12-13,16-17H,2-5H2,1H3,(H,15,18). The fourth-order valence-electron chi connectivity index (χ4n) is 2.43. The van der Waals surface area contributed by atoms with E-state index in [-0.39, 0.29) is 17.7 Å². The number of carbonyl (C=O) groups is 1. The van der Waals surface area contributed by atoms with Crippen molar-refractivity contribution in [3.63, 3.8) is 0 Å². The lowest BCUT2D eigenvalue weighted by atomic mass is 9.92. The molecule has 3 N–H and O–H groups in total. The van der Waals surface area contributed by atoms with Crippen LogP contribution in [-0.2, 0) is 0 Å². The number of aliphatic hydroxyl groups is 1. The molecule has 0 bridgehead atoms. The summed E-state index contributed by atoms with van der Waals surface area (Å²) in [6.07, 6.45) is 3.19. The Morgan fingerprint density at radius 2 is 2.06 bits per heavy atom. The van der Waals surface area contributed by atoms with E-state index in [4.69, 9.17) is 0 Å². The molecule has 18 heavy (non-hydrogen) atoms. The quantitative estimate of drug-likeness (QED) is 0.747. The fraction of sp³-hybridized carbons (Fsp3) is 0.500. The summed E-state index contributed by atoms with van der Waals surface area (Å²) in [5.74, 6) is -0.0276. The number of hydrogen-bond donors (Lipinski definition) is 3. The number of nitrogens with one attached hydrogen (secondary N) is 1. The predicted molar refractivity (Wildman–Crippen MR) is 68.6 cm³/mol. The Bertz CT molecular complexity index is 445. The molecule has 0 aromatic heterocycles. The van der Waals surface area contributed by atoms with Crippen molar-refractivity contribution in [1.82, 2.24) is 5.32 Å². The highest BCUT2D eigenvalue weighted by molar-refractivity contribution is 5.96. The van der Waals surface area contributed by atoms with Crippen molar-refractivity contribution in [3.8, 4) is 5.75 Å². The Kier molecular flexibility index (Phi) is 3.87. The monoisotopic (exact) mass is 249 g/mol. The van der Waals surface area contributed by atoms with Crippen LogP contribution in [0.2, 0.25) is 0 Å². The van der Waals surface area contributed by atoms with E-state index < -0.39 is 6.10 Å². The second-order valence-electron chi connectivity index (χ2n) is 4.93. The molecule has 0 spiro atoms. The molecule has 1 amide bonds. The maximum Gasteiger partial charge on any atom is 0.251 e. The van der Waals surface area contributed by atoms with Crippen LogP contribution in [0, 0.1) is 6.92 Å². The average molecular weight is 249 g/mol. The van der Waals surface area contributed by atoms with Crippen molar-refractivity contribution in [1.29, 1.82) is 0 Å². The van der Waals surface area contributed by atoms with Gasteiger partial charge in [0, 0.05) is 5.56 Å². The third kappa shape index (κ3) is 2.82. The van der Waals surface area contributed by atoms with E-state index in [9.17, 15) is 15.0 Å². The van der Waals surface area contributed by atoms with Crippen LogP contribution >= 0.6 is 0 Å². The second-order valence-corrected chi connectivity index (χ2v) is 4.93. The van der Waals surface area contributed by atoms with E-state index >= 15 is 0 Å². The van der Waals surface area contributed by atoms with Crippen LogP contribution in [0.1, 0.15) is 41.6 Å². The van der Waals surface area contributed by atoms with Crippen molar-refractivity contribution in [2.75, 3.05) is 0 Å². The Morgan fingerprint density at radius 3 is 2.72 bits per heavy atom. The zero-order valence-corrected chi connectivity index (χ0v) is 10.5. The van der Waals surface area contributed by atoms with Crippen LogP contribution < -0.4 is 5.32 Å². The van der Waals surface area contributed by atoms with Crippen LogP contribution in [0.5, 0.6) is 5.75 Å². The third-order valence-electron chi connectivity index (χ3n) is 3.50. The summed E-state index contributed by atoms with van der Waals surface area (Å²) in [4.78, 5) is 12.1. The first-order chi connectivity index (χ1) is 8.58. The van der Waals surface area contributed by atoms with Gasteiger partial charge in [-0.05, 0) is 43.5 Å². The zero-order chi connectivity index (χ0) is 13.1. The summed E-state index contributed by atoms with van der Waals surface area (Å²) in [6, 6.07) is 4.51. The van der Waals surface area contributed by atoms with Gasteiger partial charge in [0.1, 0.15) is 5.75 Å². The number of aromatic hydroxyl groups is 1. The van der Waals surface area contributed by atoms with E-state index in [1.165, 1.54) is 6.07 Å². The van der Waals surface area contributed by atoms with Crippen molar-refractivity contribution in [3.05, 3.63) is 29.3 Å². The molecule has 4 heteroatoms. The molecule has 1 aromatic rings. The number of phenols is 1. The lowest BCUT2D eigenvalue weighted by molar-refractivity contribution is 0.0717. The van der Waals surface area contributed by atoms with Crippen LogP contribution in [0.3, 0.4) is 0 Å². The zero-order valence-electron chi connectivity index (χ0n) is 10.5. The molecule has 2 rings (SSSR count). The molecular weight excluding hydrogens is 230 g/mol. The van der Waals surface area contributed by atoms with E-state index in [0.717, 1.165) is 31.2 Å². The highest BCUT2D eigenvalue weighted by Gasteiger charge is 2.25. The van der Waals surface area contributed by atoms with Crippen molar-refractivity contribution in [2.45, 2.75) is 44.8 Å². The second kappa shape index (κ2) is 5.40. The van der Waals surface area contributed by atoms with E-state index in [0.29, 0.717) is 5.56 Å². The highest BCUT2D eigenvalue weighted by Crippen LogP contribution is 2.20. The summed E-state index contributed by atoms with van der Waals surface area (Å²) in [6.45, 7) is 1.78. The number of phenolic OH excluding ortho intramolecular Hbond substituents is 1. The predicted octanol–water partition coefficient (Wildman–Crippen LogP) is 1.73. The van der Waals surface area contributed by atoms with Crippen molar-refractivity contribution < 1.29 is 15.0 Å². The molecule has 0 heterocycles. The van der Waals surface area contributed by atoms with Gasteiger partial charge in [0.05, 0.1) is 12.1 Å². The normalized spacial score (nSPS) is 23.7. The van der Waals surface area contributed by atoms with Crippen LogP contribution in [0.15, 0.2) is 18.2 Å². The lowest BCUT2D eigenvalue weighted by Crippen LogP contribution is -2.45. The first-order valence-corrected chi connectivity index (χ1v) is 6.36. The smallest absolute Gasteiger partial charge is 0.251 e. The first kappa shape index (κ1) is 12.9. The van der Waals surface area contributed by atoms with Crippen LogP contribution in [0.4, 0.5) is 0 Å². The highest BCUT2D eigenvalue weighted by atomic mass is 16.3. The number of aryl methyl sites for hydroxylation is 1. The number of rotatable bonds is 2. The molecule has 2 unspecified atom stereocenters. The van der Waals surface area contributed by atoms with Gasteiger partial charge in [-0.1, -0.05) is 12.8 Å². The first-order valence-electron chi connectivity index (χ1n) is 6.36. The molecule has 1 aliphatic carbocycles. The van der Waals surface area contributed by atoms with Gasteiger partial charge in [0.25, 0.3) is 5.91 Å². The molecule has 2 atom stereocenters. The Balaban J connectivity index is 2.07. The maximum absolute atomic E-state index is 12.1. The molecular formula is C14H19NO3. The third-order valence-corrected chi connectivity index (χ3v) is 3.50. The fourth-order valence-corrected chi connectivity index (χ4v) is 2.43. The van der Waals surface area contributed by atoms with Gasteiger partial charge in [-0.25, -0.2) is 0 Å². The van der Waals surface area contributed by atoms with Gasteiger partial charge < -0.3 is 15.5 Å². The summed E-state index contributed by atoms with van der Waals surface area (Å²) < 4.78 is 0. The van der Waals surface area contributed by atoms with E-state index in [2.05, 4.69) is 5.32 Å².